The van der Waals surface area contributed by atoms with Crippen molar-refractivity contribution in [3.63, 3.8) is 0 Å². The Morgan fingerprint density at radius 2 is 1.82 bits per heavy atom. The number of aliphatic imine (C=N–C) groups is 1. The van der Waals surface area contributed by atoms with E-state index in [1.54, 1.807) is 19.1 Å². The number of hydrogen-bond donors (Lipinski definition) is 2. The van der Waals surface area contributed by atoms with E-state index in [1.807, 2.05) is 54.6 Å². The molecule has 8 heteroatoms. The molecule has 1 aliphatic rings. The van der Waals surface area contributed by atoms with Crippen LogP contribution in [0.3, 0.4) is 0 Å². The maximum atomic E-state index is 13.6. The molecule has 0 saturated heterocycles. The van der Waals surface area contributed by atoms with E-state index in [0.717, 1.165) is 11.6 Å². The van der Waals surface area contributed by atoms with Gasteiger partial charge < -0.3 is 19.9 Å². The second-order valence-corrected chi connectivity index (χ2v) is 9.35. The van der Waals surface area contributed by atoms with Gasteiger partial charge >= 0.3 is 0 Å². The first kappa shape index (κ1) is 28.0. The summed E-state index contributed by atoms with van der Waals surface area (Å²) in [6.07, 6.45) is 4.36. The highest BCUT2D eigenvalue weighted by molar-refractivity contribution is 6.00. The van der Waals surface area contributed by atoms with Crippen molar-refractivity contribution in [1.29, 1.82) is 0 Å². The summed E-state index contributed by atoms with van der Waals surface area (Å²) in [4.78, 5) is 18.4. The van der Waals surface area contributed by atoms with Gasteiger partial charge in [-0.05, 0) is 60.9 Å². The van der Waals surface area contributed by atoms with Crippen LogP contribution in [0.2, 0.25) is 0 Å². The summed E-state index contributed by atoms with van der Waals surface area (Å²) in [7, 11) is 0. The summed E-state index contributed by atoms with van der Waals surface area (Å²) in [5.74, 6) is -0.641. The largest absolute Gasteiger partial charge is 0.494 e. The molecular weight excluding hydrogens is 502 g/mol. The third-order valence-electron chi connectivity index (χ3n) is 6.49. The molecule has 0 unspecified atom stereocenters. The highest BCUT2D eigenvalue weighted by Gasteiger charge is 2.49. The Labute approximate surface area is 227 Å². The highest BCUT2D eigenvalue weighted by Crippen LogP contribution is 2.33. The van der Waals surface area contributed by atoms with E-state index in [0.29, 0.717) is 35.8 Å². The van der Waals surface area contributed by atoms with E-state index in [9.17, 15) is 13.6 Å². The molecule has 204 valence electrons. The van der Waals surface area contributed by atoms with Crippen molar-refractivity contribution < 1.29 is 28.2 Å². The van der Waals surface area contributed by atoms with E-state index < -0.39 is 23.3 Å². The fraction of sp³-hybridized carbons (Fsp3) is 0.290. The number of carbonyl (C=O) groups is 1. The average molecular weight is 535 g/mol. The molecule has 0 aliphatic carbocycles. The number of nitrogens with zero attached hydrogens (tertiary/aromatic N) is 1. The summed E-state index contributed by atoms with van der Waals surface area (Å²) in [5.41, 5.74) is 0.915. The van der Waals surface area contributed by atoms with E-state index in [2.05, 4.69) is 5.32 Å². The van der Waals surface area contributed by atoms with E-state index >= 15 is 0 Å². The lowest BCUT2D eigenvalue weighted by Crippen LogP contribution is -2.51. The molecule has 2 N–H and O–H groups in total. The van der Waals surface area contributed by atoms with Gasteiger partial charge in [-0.15, -0.1) is 0 Å². The number of nitrogens with one attached hydrogen (secondary N) is 1. The number of hydrogen-bond acceptors (Lipinski definition) is 5. The average Bonchev–Trinajstić information content (AvgIpc) is 3.26. The maximum absolute atomic E-state index is 13.6. The Balaban J connectivity index is 1.53. The number of aliphatic hydroxyl groups is 1. The van der Waals surface area contributed by atoms with Crippen molar-refractivity contribution in [2.24, 2.45) is 4.99 Å². The molecule has 1 aliphatic heterocycles. The maximum Gasteiger partial charge on any atom is 0.252 e. The predicted octanol–water partition coefficient (Wildman–Crippen LogP) is 5.09. The molecule has 0 saturated carbocycles. The molecule has 39 heavy (non-hydrogen) atoms. The van der Waals surface area contributed by atoms with Crippen LogP contribution in [0, 0.1) is 11.6 Å². The molecule has 4 rings (SSSR count). The molecule has 6 nitrogen and oxygen atoms in total. The van der Waals surface area contributed by atoms with Gasteiger partial charge in [0.25, 0.3) is 5.91 Å². The Hall–Kier alpha value is -4.04. The molecule has 0 spiro atoms. The minimum atomic E-state index is -1.23. The fourth-order valence-corrected chi connectivity index (χ4v) is 4.35. The molecular formula is C31H32F2N2O4. The Morgan fingerprint density at radius 1 is 1.10 bits per heavy atom. The minimum Gasteiger partial charge on any atom is -0.494 e. The summed E-state index contributed by atoms with van der Waals surface area (Å²) in [5, 5.41) is 11.8. The van der Waals surface area contributed by atoms with Gasteiger partial charge in [-0.1, -0.05) is 42.5 Å². The number of aliphatic hydroxyl groups excluding tert-OH is 1. The lowest BCUT2D eigenvalue weighted by atomic mass is 9.89. The number of rotatable bonds is 12. The molecule has 3 aromatic rings. The second-order valence-electron chi connectivity index (χ2n) is 9.35. The molecule has 1 amide bonds. The van der Waals surface area contributed by atoms with Crippen LogP contribution < -0.4 is 10.1 Å². The second kappa shape index (κ2) is 13.2. The lowest BCUT2D eigenvalue weighted by molar-refractivity contribution is -0.128. The van der Waals surface area contributed by atoms with Crippen LogP contribution in [0.4, 0.5) is 8.78 Å². The van der Waals surface area contributed by atoms with Gasteiger partial charge in [0.05, 0.1) is 6.61 Å². The van der Waals surface area contributed by atoms with Crippen LogP contribution in [0.1, 0.15) is 36.5 Å². The van der Waals surface area contributed by atoms with E-state index in [-0.39, 0.29) is 31.9 Å². The first-order valence-corrected chi connectivity index (χ1v) is 12.9. The van der Waals surface area contributed by atoms with Crippen LogP contribution in [0.25, 0.3) is 6.08 Å². The van der Waals surface area contributed by atoms with Gasteiger partial charge in [0.2, 0.25) is 5.90 Å². The van der Waals surface area contributed by atoms with Crippen LogP contribution in [0.5, 0.6) is 5.75 Å². The molecule has 0 aromatic heterocycles. The van der Waals surface area contributed by atoms with Crippen molar-refractivity contribution in [3.8, 4) is 5.75 Å². The summed E-state index contributed by atoms with van der Waals surface area (Å²) >= 11 is 0. The SMILES string of the molecule is C[C@H]1OC(c2ccc(OCCCO)cc2)=N[C@@]1(C/C=C/c1ccccc1)C(=O)NCCc1cc(F)cc(F)c1. The molecule has 0 fully saturated rings. The number of halogens is 2. The zero-order valence-corrected chi connectivity index (χ0v) is 21.8. The van der Waals surface area contributed by atoms with Crippen molar-refractivity contribution in [2.75, 3.05) is 19.8 Å². The highest BCUT2D eigenvalue weighted by atomic mass is 19.1. The summed E-state index contributed by atoms with van der Waals surface area (Å²) in [6, 6.07) is 20.3. The van der Waals surface area contributed by atoms with Gasteiger partial charge in [-0.2, -0.15) is 0 Å². The van der Waals surface area contributed by atoms with Crippen molar-refractivity contribution in [2.45, 2.75) is 37.8 Å². The number of benzene rings is 3. The standard InChI is InChI=1S/C31H32F2N2O4/c1-22-31(15-5-9-23-7-3-2-4-8-23,30(37)34-16-14-24-19-26(32)21-27(33)20-24)35-29(39-22)25-10-12-28(13-11-25)38-18-6-17-36/h2-5,7-13,19-22,36H,6,14-18H2,1H3,(H,34,37)/b9-5+/t22-,31-/m1/s1. The van der Waals surface area contributed by atoms with Gasteiger partial charge in [-0.25, -0.2) is 13.8 Å². The first-order chi connectivity index (χ1) is 18.9. The smallest absolute Gasteiger partial charge is 0.252 e. The zero-order chi connectivity index (χ0) is 27.7. The third kappa shape index (κ3) is 7.29. The fourth-order valence-electron chi connectivity index (χ4n) is 4.35. The first-order valence-electron chi connectivity index (χ1n) is 12.9. The Bertz CT molecular complexity index is 1290. The van der Waals surface area contributed by atoms with Crippen LogP contribution in [-0.4, -0.2) is 48.3 Å². The normalized spacial score (nSPS) is 18.6. The monoisotopic (exact) mass is 534 g/mol. The summed E-state index contributed by atoms with van der Waals surface area (Å²) < 4.78 is 38.8. The van der Waals surface area contributed by atoms with E-state index in [4.69, 9.17) is 19.6 Å². The van der Waals surface area contributed by atoms with Crippen LogP contribution in [0.15, 0.2) is 83.9 Å². The Kier molecular flexibility index (Phi) is 9.44. The molecule has 1 heterocycles. The van der Waals surface area contributed by atoms with Crippen molar-refractivity contribution in [3.05, 3.63) is 107 Å². The van der Waals surface area contributed by atoms with Crippen LogP contribution >= 0.6 is 0 Å². The van der Waals surface area contributed by atoms with Crippen molar-refractivity contribution >= 4 is 17.9 Å². The zero-order valence-electron chi connectivity index (χ0n) is 21.8. The summed E-state index contributed by atoms with van der Waals surface area (Å²) in [6.45, 7) is 2.45. The number of ether oxygens (including phenoxy) is 2. The van der Waals surface area contributed by atoms with Gasteiger partial charge in [-0.3, -0.25) is 4.79 Å². The third-order valence-corrected chi connectivity index (χ3v) is 6.49. The predicted molar refractivity (Wildman–Crippen MR) is 147 cm³/mol. The van der Waals surface area contributed by atoms with Gasteiger partial charge in [0, 0.05) is 37.6 Å². The number of carbonyl (C=O) groups excluding carboxylic acids is 1. The van der Waals surface area contributed by atoms with E-state index in [1.165, 1.54) is 12.1 Å². The molecule has 0 radical (unpaired) electrons. The molecule has 0 bridgehead atoms. The minimum absolute atomic E-state index is 0.0581. The van der Waals surface area contributed by atoms with Crippen molar-refractivity contribution in [1.82, 2.24) is 5.32 Å². The topological polar surface area (TPSA) is 80.2 Å². The van der Waals surface area contributed by atoms with Gasteiger partial charge in [0.1, 0.15) is 23.5 Å². The molecule has 3 aromatic carbocycles. The Morgan fingerprint density at radius 3 is 2.51 bits per heavy atom. The van der Waals surface area contributed by atoms with Gasteiger partial charge in [0.15, 0.2) is 5.54 Å². The lowest BCUT2D eigenvalue weighted by Gasteiger charge is -2.27. The number of amides is 1. The molecule has 2 atom stereocenters. The van der Waals surface area contributed by atoms with Crippen LogP contribution in [-0.2, 0) is 16.0 Å². The quantitative estimate of drug-likeness (QED) is 0.317.